The van der Waals surface area contributed by atoms with Crippen molar-refractivity contribution in [3.63, 3.8) is 0 Å². The molecule has 0 spiro atoms. The van der Waals surface area contributed by atoms with E-state index in [9.17, 15) is 9.18 Å². The number of benzene rings is 1. The number of rotatable bonds is 4. The van der Waals surface area contributed by atoms with E-state index in [0.29, 0.717) is 5.56 Å². The van der Waals surface area contributed by atoms with Crippen molar-refractivity contribution in [3.05, 3.63) is 35.1 Å². The summed E-state index contributed by atoms with van der Waals surface area (Å²) in [4.78, 5) is 11.7. The van der Waals surface area contributed by atoms with Crippen molar-refractivity contribution in [1.82, 2.24) is 0 Å². The molecule has 0 bridgehead atoms. The van der Waals surface area contributed by atoms with Gasteiger partial charge in [0.2, 0.25) is 0 Å². The predicted octanol–water partition coefficient (Wildman–Crippen LogP) is 2.74. The lowest BCUT2D eigenvalue weighted by Crippen LogP contribution is -2.13. The maximum absolute atomic E-state index is 12.9. The second kappa shape index (κ2) is 5.03. The monoisotopic (exact) mass is 210 g/mol. The van der Waals surface area contributed by atoms with Crippen LogP contribution >= 0.6 is 0 Å². The Morgan fingerprint density at radius 3 is 2.80 bits per heavy atom. The van der Waals surface area contributed by atoms with Crippen LogP contribution in [-0.2, 0) is 4.74 Å². The van der Waals surface area contributed by atoms with Gasteiger partial charge in [-0.15, -0.1) is 0 Å². The number of carbonyl (C=O) groups is 1. The molecule has 0 fully saturated rings. The van der Waals surface area contributed by atoms with Crippen molar-refractivity contribution in [2.45, 2.75) is 26.4 Å². The molecule has 2 nitrogen and oxygen atoms in total. The largest absolute Gasteiger partial charge is 0.381 e. The third-order valence-electron chi connectivity index (χ3n) is 2.38. The Morgan fingerprint density at radius 2 is 2.20 bits per heavy atom. The minimum atomic E-state index is -0.381. The average Bonchev–Trinajstić information content (AvgIpc) is 2.21. The molecular weight excluding hydrogens is 195 g/mol. The second-order valence-corrected chi connectivity index (χ2v) is 3.63. The second-order valence-electron chi connectivity index (χ2n) is 3.63. The average molecular weight is 210 g/mol. The number of aryl methyl sites for hydroxylation is 1. The Balaban J connectivity index is 2.86. The lowest BCUT2D eigenvalue weighted by atomic mass is 10.0. The molecule has 0 amide bonds. The molecule has 1 aromatic carbocycles. The van der Waals surface area contributed by atoms with Crippen LogP contribution in [0.15, 0.2) is 18.2 Å². The van der Waals surface area contributed by atoms with Crippen molar-refractivity contribution in [3.8, 4) is 0 Å². The molecule has 0 aliphatic carbocycles. The maximum atomic E-state index is 12.9. The van der Waals surface area contributed by atoms with E-state index in [1.165, 1.54) is 12.1 Å². The van der Waals surface area contributed by atoms with E-state index < -0.39 is 0 Å². The van der Waals surface area contributed by atoms with Crippen LogP contribution in [0.5, 0.6) is 0 Å². The SMILES string of the molecule is COC(C)CC(=O)c1cc(F)ccc1C. The van der Waals surface area contributed by atoms with Gasteiger partial charge in [0.25, 0.3) is 0 Å². The lowest BCUT2D eigenvalue weighted by molar-refractivity contribution is 0.0791. The number of carbonyl (C=O) groups excluding carboxylic acids is 1. The number of Topliss-reactive ketones (excluding diaryl/α,β-unsaturated/α-hetero) is 1. The van der Waals surface area contributed by atoms with Gasteiger partial charge >= 0.3 is 0 Å². The minimum Gasteiger partial charge on any atom is -0.381 e. The predicted molar refractivity (Wildman–Crippen MR) is 56.6 cm³/mol. The van der Waals surface area contributed by atoms with Crippen LogP contribution < -0.4 is 0 Å². The molecule has 0 heterocycles. The number of halogens is 1. The van der Waals surface area contributed by atoms with Crippen molar-refractivity contribution in [1.29, 1.82) is 0 Å². The molecule has 1 rings (SSSR count). The van der Waals surface area contributed by atoms with E-state index in [1.54, 1.807) is 20.1 Å². The third kappa shape index (κ3) is 3.13. The Hall–Kier alpha value is -1.22. The third-order valence-corrected chi connectivity index (χ3v) is 2.38. The number of hydrogen-bond donors (Lipinski definition) is 0. The van der Waals surface area contributed by atoms with E-state index in [4.69, 9.17) is 4.74 Å². The number of hydrogen-bond acceptors (Lipinski definition) is 2. The van der Waals surface area contributed by atoms with Crippen LogP contribution in [0.3, 0.4) is 0 Å². The highest BCUT2D eigenvalue weighted by molar-refractivity contribution is 5.97. The van der Waals surface area contributed by atoms with Gasteiger partial charge in [-0.05, 0) is 31.5 Å². The summed E-state index contributed by atoms with van der Waals surface area (Å²) >= 11 is 0. The van der Waals surface area contributed by atoms with Crippen LogP contribution in [0.25, 0.3) is 0 Å². The van der Waals surface area contributed by atoms with E-state index in [0.717, 1.165) is 5.56 Å². The van der Waals surface area contributed by atoms with Gasteiger partial charge in [0.1, 0.15) is 5.82 Å². The first-order valence-electron chi connectivity index (χ1n) is 4.86. The summed E-state index contributed by atoms with van der Waals surface area (Å²) in [6.07, 6.45) is 0.140. The van der Waals surface area contributed by atoms with Crippen LogP contribution in [-0.4, -0.2) is 19.0 Å². The molecule has 1 aromatic rings. The highest BCUT2D eigenvalue weighted by Crippen LogP contribution is 2.14. The van der Waals surface area contributed by atoms with Crippen LogP contribution in [0.2, 0.25) is 0 Å². The first kappa shape index (κ1) is 11.9. The molecule has 1 unspecified atom stereocenters. The maximum Gasteiger partial charge on any atom is 0.165 e. The van der Waals surface area contributed by atoms with Gasteiger partial charge in [-0.25, -0.2) is 4.39 Å². The Bertz CT molecular complexity index is 361. The first-order chi connectivity index (χ1) is 7.04. The summed E-state index contributed by atoms with van der Waals surface area (Å²) in [6.45, 7) is 3.61. The van der Waals surface area contributed by atoms with E-state index in [2.05, 4.69) is 0 Å². The van der Waals surface area contributed by atoms with Crippen LogP contribution in [0.4, 0.5) is 4.39 Å². The number of methoxy groups -OCH3 is 1. The molecule has 0 radical (unpaired) electrons. The van der Waals surface area contributed by atoms with Crippen LogP contribution in [0, 0.1) is 12.7 Å². The van der Waals surface area contributed by atoms with Gasteiger partial charge < -0.3 is 4.74 Å². The zero-order chi connectivity index (χ0) is 11.4. The van der Waals surface area contributed by atoms with Gasteiger partial charge in [0, 0.05) is 19.1 Å². The smallest absolute Gasteiger partial charge is 0.165 e. The molecule has 1 atom stereocenters. The molecule has 15 heavy (non-hydrogen) atoms. The molecule has 0 saturated heterocycles. The summed E-state index contributed by atoms with van der Waals surface area (Å²) in [5, 5.41) is 0. The van der Waals surface area contributed by atoms with Crippen molar-refractivity contribution >= 4 is 5.78 Å². The highest BCUT2D eigenvalue weighted by Gasteiger charge is 2.13. The fourth-order valence-electron chi connectivity index (χ4n) is 1.35. The minimum absolute atomic E-state index is 0.0821. The van der Waals surface area contributed by atoms with E-state index in [1.807, 2.05) is 6.92 Å². The first-order valence-corrected chi connectivity index (χ1v) is 4.86. The van der Waals surface area contributed by atoms with Gasteiger partial charge in [0.05, 0.1) is 6.10 Å². The highest BCUT2D eigenvalue weighted by atomic mass is 19.1. The quantitative estimate of drug-likeness (QED) is 0.714. The molecule has 0 aliphatic rings. The summed E-state index contributed by atoms with van der Waals surface area (Å²) in [5.74, 6) is -0.463. The van der Waals surface area contributed by atoms with E-state index >= 15 is 0 Å². The molecule has 0 aromatic heterocycles. The van der Waals surface area contributed by atoms with Gasteiger partial charge in [-0.1, -0.05) is 6.07 Å². The normalized spacial score (nSPS) is 12.5. The lowest BCUT2D eigenvalue weighted by Gasteiger charge is -2.09. The molecule has 3 heteroatoms. The summed E-state index contributed by atoms with van der Waals surface area (Å²) < 4.78 is 17.9. The Kier molecular flexibility index (Phi) is 3.97. The summed E-state index contributed by atoms with van der Waals surface area (Å²) in [6, 6.07) is 4.24. The zero-order valence-corrected chi connectivity index (χ0v) is 9.21. The standard InChI is InChI=1S/C12H15FO2/c1-8-4-5-10(13)7-11(8)12(14)6-9(2)15-3/h4-5,7,9H,6H2,1-3H3. The molecule has 0 saturated carbocycles. The fourth-order valence-corrected chi connectivity index (χ4v) is 1.35. The molecular formula is C12H15FO2. The van der Waals surface area contributed by atoms with Crippen molar-refractivity contribution in [2.75, 3.05) is 7.11 Å². The molecule has 0 N–H and O–H groups in total. The number of ketones is 1. The van der Waals surface area contributed by atoms with Gasteiger partial charge in [-0.3, -0.25) is 4.79 Å². The Labute approximate surface area is 89.1 Å². The number of ether oxygens (including phenoxy) is 1. The summed E-state index contributed by atoms with van der Waals surface area (Å²) in [5.41, 5.74) is 1.24. The summed E-state index contributed by atoms with van der Waals surface area (Å²) in [7, 11) is 1.55. The van der Waals surface area contributed by atoms with Crippen LogP contribution in [0.1, 0.15) is 29.3 Å². The van der Waals surface area contributed by atoms with Gasteiger partial charge in [-0.2, -0.15) is 0 Å². The van der Waals surface area contributed by atoms with E-state index in [-0.39, 0.29) is 24.1 Å². The van der Waals surface area contributed by atoms with Crippen molar-refractivity contribution in [2.24, 2.45) is 0 Å². The molecule has 82 valence electrons. The zero-order valence-electron chi connectivity index (χ0n) is 9.21. The van der Waals surface area contributed by atoms with Gasteiger partial charge in [0.15, 0.2) is 5.78 Å². The fraction of sp³-hybridized carbons (Fsp3) is 0.417. The topological polar surface area (TPSA) is 26.3 Å². The Morgan fingerprint density at radius 1 is 1.53 bits per heavy atom. The van der Waals surface area contributed by atoms with Crippen molar-refractivity contribution < 1.29 is 13.9 Å². The molecule has 0 aliphatic heterocycles.